The minimum absolute atomic E-state index is 0.0254. The van der Waals surface area contributed by atoms with E-state index in [1.54, 1.807) is 6.92 Å². The second kappa shape index (κ2) is 5.41. The van der Waals surface area contributed by atoms with Gasteiger partial charge in [-0.25, -0.2) is 17.9 Å². The topological polar surface area (TPSA) is 126 Å². The van der Waals surface area contributed by atoms with E-state index in [4.69, 9.17) is 14.3 Å². The molecular formula is C12H17NO7S. The molecular weight excluding hydrogens is 302 g/mol. The molecule has 0 amide bonds. The summed E-state index contributed by atoms with van der Waals surface area (Å²) in [6.45, 7) is 3.15. The lowest BCUT2D eigenvalue weighted by molar-refractivity contribution is -0.0228. The van der Waals surface area contributed by atoms with Crippen LogP contribution in [0.4, 0.5) is 0 Å². The van der Waals surface area contributed by atoms with E-state index in [1.165, 1.54) is 6.92 Å². The Morgan fingerprint density at radius 3 is 2.71 bits per heavy atom. The van der Waals surface area contributed by atoms with Crippen LogP contribution in [0.5, 0.6) is 0 Å². The van der Waals surface area contributed by atoms with Crippen LogP contribution in [0.25, 0.3) is 0 Å². The monoisotopic (exact) mass is 319 g/mol. The number of rotatable bonds is 5. The van der Waals surface area contributed by atoms with Gasteiger partial charge in [0.05, 0.1) is 6.10 Å². The summed E-state index contributed by atoms with van der Waals surface area (Å²) >= 11 is 0. The molecule has 0 bridgehead atoms. The van der Waals surface area contributed by atoms with E-state index in [0.29, 0.717) is 13.0 Å². The van der Waals surface area contributed by atoms with Crippen LogP contribution in [0.15, 0.2) is 15.4 Å². The van der Waals surface area contributed by atoms with Gasteiger partial charge in [-0.15, -0.1) is 0 Å². The van der Waals surface area contributed by atoms with Gasteiger partial charge in [0.2, 0.25) is 15.8 Å². The highest BCUT2D eigenvalue weighted by atomic mass is 32.2. The van der Waals surface area contributed by atoms with Gasteiger partial charge in [0.15, 0.2) is 0 Å². The number of carboxylic acid groups (broad SMARTS) is 1. The first-order chi connectivity index (χ1) is 9.66. The quantitative estimate of drug-likeness (QED) is 0.703. The molecule has 0 aromatic carbocycles. The first-order valence-electron chi connectivity index (χ1n) is 6.33. The first kappa shape index (κ1) is 16.0. The van der Waals surface area contributed by atoms with Crippen LogP contribution in [0.1, 0.15) is 29.7 Å². The van der Waals surface area contributed by atoms with Crippen LogP contribution in [-0.2, 0) is 14.8 Å². The molecule has 2 heterocycles. The number of carboxylic acids is 1. The molecule has 1 aromatic heterocycles. The molecule has 0 saturated carbocycles. The third kappa shape index (κ3) is 3.10. The first-order valence-corrected chi connectivity index (χ1v) is 7.81. The fraction of sp³-hybridized carbons (Fsp3) is 0.583. The normalized spacial score (nSPS) is 26.1. The molecule has 0 aliphatic carbocycles. The van der Waals surface area contributed by atoms with Gasteiger partial charge in [-0.3, -0.25) is 0 Å². The summed E-state index contributed by atoms with van der Waals surface area (Å²) in [5.41, 5.74) is -1.28. The molecule has 1 saturated heterocycles. The number of hydrogen-bond donors (Lipinski definition) is 3. The zero-order valence-corrected chi connectivity index (χ0v) is 12.4. The average molecular weight is 319 g/mol. The summed E-state index contributed by atoms with van der Waals surface area (Å²) in [5.74, 6) is -1.83. The van der Waals surface area contributed by atoms with Crippen molar-refractivity contribution in [1.82, 2.24) is 4.72 Å². The largest absolute Gasteiger partial charge is 0.475 e. The van der Waals surface area contributed by atoms with Gasteiger partial charge in [-0.05, 0) is 13.8 Å². The number of nitrogens with one attached hydrogen (secondary N) is 1. The van der Waals surface area contributed by atoms with Crippen molar-refractivity contribution in [3.05, 3.63) is 17.6 Å². The van der Waals surface area contributed by atoms with Crippen LogP contribution in [0.3, 0.4) is 0 Å². The highest BCUT2D eigenvalue weighted by Gasteiger charge is 2.40. The molecule has 2 atom stereocenters. The zero-order chi connectivity index (χ0) is 15.8. The summed E-state index contributed by atoms with van der Waals surface area (Å²) in [7, 11) is -3.98. The molecule has 118 valence electrons. The zero-order valence-electron chi connectivity index (χ0n) is 11.6. The number of ether oxygens (including phenoxy) is 1. The third-order valence-electron chi connectivity index (χ3n) is 3.60. The Labute approximate surface area is 121 Å². The molecule has 1 aromatic rings. The van der Waals surface area contributed by atoms with E-state index in [-0.39, 0.29) is 17.2 Å². The van der Waals surface area contributed by atoms with Gasteiger partial charge >= 0.3 is 5.97 Å². The number of aryl methyl sites for hydroxylation is 1. The maximum Gasteiger partial charge on any atom is 0.371 e. The standard InChI is InChI=1S/C12H17NO7S/c1-7-10(5-9(20-7)11(14)15)21(17,18)13-6-12(16)3-4-19-8(12)2/h5,8,13,16H,3-4,6H2,1-2H3,(H,14,15). The van der Waals surface area contributed by atoms with Crippen molar-refractivity contribution < 1.29 is 32.6 Å². The Kier molecular flexibility index (Phi) is 4.11. The predicted octanol–water partition coefficient (Wildman–Crippen LogP) is 0.104. The average Bonchev–Trinajstić information content (AvgIpc) is 2.93. The molecule has 21 heavy (non-hydrogen) atoms. The number of sulfonamides is 1. The number of carbonyl (C=O) groups is 1. The molecule has 2 rings (SSSR count). The Morgan fingerprint density at radius 1 is 1.57 bits per heavy atom. The summed E-state index contributed by atoms with van der Waals surface area (Å²) in [6, 6.07) is 0.943. The minimum Gasteiger partial charge on any atom is -0.475 e. The Morgan fingerprint density at radius 2 is 2.24 bits per heavy atom. The minimum atomic E-state index is -3.98. The smallest absolute Gasteiger partial charge is 0.371 e. The van der Waals surface area contributed by atoms with Crippen LogP contribution in [-0.4, -0.2) is 49.5 Å². The summed E-state index contributed by atoms with van der Waals surface area (Å²) in [4.78, 5) is 10.5. The maximum absolute atomic E-state index is 12.2. The molecule has 0 radical (unpaired) electrons. The van der Waals surface area contributed by atoms with Crippen molar-refractivity contribution in [3.63, 3.8) is 0 Å². The molecule has 9 heteroatoms. The fourth-order valence-corrected chi connectivity index (χ4v) is 3.42. The third-order valence-corrected chi connectivity index (χ3v) is 5.11. The fourth-order valence-electron chi connectivity index (χ4n) is 2.14. The molecule has 1 aliphatic heterocycles. The number of hydrogen-bond acceptors (Lipinski definition) is 6. The van der Waals surface area contributed by atoms with Crippen molar-refractivity contribution in [1.29, 1.82) is 0 Å². The summed E-state index contributed by atoms with van der Waals surface area (Å²) in [5, 5.41) is 19.1. The van der Waals surface area contributed by atoms with E-state index < -0.39 is 33.5 Å². The van der Waals surface area contributed by atoms with Gasteiger partial charge in [-0.1, -0.05) is 0 Å². The predicted molar refractivity (Wildman–Crippen MR) is 70.6 cm³/mol. The second-order valence-electron chi connectivity index (χ2n) is 5.03. The van der Waals surface area contributed by atoms with Crippen molar-refractivity contribution in [2.24, 2.45) is 0 Å². The highest BCUT2D eigenvalue weighted by Crippen LogP contribution is 2.26. The van der Waals surface area contributed by atoms with Crippen molar-refractivity contribution in [2.45, 2.75) is 36.9 Å². The van der Waals surface area contributed by atoms with Gasteiger partial charge in [-0.2, -0.15) is 0 Å². The molecule has 8 nitrogen and oxygen atoms in total. The Bertz CT molecular complexity index is 651. The van der Waals surface area contributed by atoms with Crippen LogP contribution in [0, 0.1) is 6.92 Å². The van der Waals surface area contributed by atoms with E-state index in [9.17, 15) is 18.3 Å². The Balaban J connectivity index is 2.17. The van der Waals surface area contributed by atoms with Gasteiger partial charge in [0.1, 0.15) is 16.3 Å². The van der Waals surface area contributed by atoms with E-state index in [2.05, 4.69) is 4.72 Å². The van der Waals surface area contributed by atoms with Crippen molar-refractivity contribution >= 4 is 16.0 Å². The molecule has 1 aliphatic rings. The summed E-state index contributed by atoms with van der Waals surface area (Å²) in [6.07, 6.45) is -0.165. The highest BCUT2D eigenvalue weighted by molar-refractivity contribution is 7.89. The van der Waals surface area contributed by atoms with Gasteiger partial charge < -0.3 is 19.4 Å². The SMILES string of the molecule is Cc1oc(C(=O)O)cc1S(=O)(=O)NCC1(O)CCOC1C. The van der Waals surface area contributed by atoms with Crippen LogP contribution in [0.2, 0.25) is 0 Å². The van der Waals surface area contributed by atoms with Gasteiger partial charge in [0, 0.05) is 25.6 Å². The van der Waals surface area contributed by atoms with Crippen LogP contribution >= 0.6 is 0 Å². The van der Waals surface area contributed by atoms with Crippen molar-refractivity contribution in [2.75, 3.05) is 13.2 Å². The second-order valence-corrected chi connectivity index (χ2v) is 6.76. The lowest BCUT2D eigenvalue weighted by atomic mass is 9.97. The van der Waals surface area contributed by atoms with Gasteiger partial charge in [0.25, 0.3) is 0 Å². The molecule has 3 N–H and O–H groups in total. The number of aliphatic hydroxyl groups is 1. The number of aromatic carboxylic acids is 1. The van der Waals surface area contributed by atoms with Crippen molar-refractivity contribution in [3.8, 4) is 0 Å². The molecule has 2 unspecified atom stereocenters. The Hall–Kier alpha value is -1.42. The maximum atomic E-state index is 12.2. The summed E-state index contributed by atoms with van der Waals surface area (Å²) < 4.78 is 36.7. The van der Waals surface area contributed by atoms with Crippen LogP contribution < -0.4 is 4.72 Å². The van der Waals surface area contributed by atoms with E-state index in [0.717, 1.165) is 6.07 Å². The lowest BCUT2D eigenvalue weighted by Crippen LogP contribution is -2.47. The van der Waals surface area contributed by atoms with E-state index >= 15 is 0 Å². The lowest BCUT2D eigenvalue weighted by Gasteiger charge is -2.25. The molecule has 0 spiro atoms. The molecule has 1 fully saturated rings. The number of furan rings is 1. The van der Waals surface area contributed by atoms with E-state index in [1.807, 2.05) is 0 Å².